The van der Waals surface area contributed by atoms with Crippen LogP contribution in [0.15, 0.2) is 79.2 Å². The molecule has 12 nitrogen and oxygen atoms in total. The summed E-state index contributed by atoms with van der Waals surface area (Å²) < 4.78 is 23.3. The summed E-state index contributed by atoms with van der Waals surface area (Å²) in [6, 6.07) is 11.0. The van der Waals surface area contributed by atoms with Gasteiger partial charge in [-0.25, -0.2) is 9.59 Å². The molecule has 0 saturated heterocycles. The minimum atomic E-state index is -2.18. The number of Topliss-reactive ketones (excluding diaryl/α,β-unsaturated/α-hetero) is 1. The normalized spacial score (nSPS) is 32.0. The van der Waals surface area contributed by atoms with E-state index < -0.39 is 89.0 Å². The number of hydrogen-bond donors (Lipinski definition) is 2. The predicted octanol–water partition coefficient (Wildman–Crippen LogP) is 3.95. The van der Waals surface area contributed by atoms with Crippen LogP contribution in [0.2, 0.25) is 0 Å². The SMILES string of the molecule is C=C1C[C@@H](OC(C)=O)[C@@H](OC(=O)c2cccnc2)C(C)(C)/C=C/[C@H](C)C(=O)[C@@]2(OC(C)=O)C[C@@](C)(O)[C@H](OC(=O)c3ccccc3)[C@@H]2[C@H]1O. The Morgan fingerprint density at radius 1 is 0.898 bits per heavy atom. The number of ether oxygens (including phenoxy) is 4. The zero-order valence-corrected chi connectivity index (χ0v) is 28.5. The summed E-state index contributed by atoms with van der Waals surface area (Å²) in [5.41, 5.74) is -5.02. The Kier molecular flexibility index (Phi) is 10.9. The van der Waals surface area contributed by atoms with Gasteiger partial charge in [0, 0.05) is 50.4 Å². The molecular formula is C37H43NO11. The van der Waals surface area contributed by atoms with E-state index in [0.717, 1.165) is 6.92 Å². The van der Waals surface area contributed by atoms with Crippen molar-refractivity contribution < 1.29 is 53.1 Å². The zero-order valence-electron chi connectivity index (χ0n) is 28.5. The fraction of sp³-hybridized carbons (Fsp3) is 0.459. The second-order valence-electron chi connectivity index (χ2n) is 13.6. The first-order valence-corrected chi connectivity index (χ1v) is 15.9. The van der Waals surface area contributed by atoms with Crippen LogP contribution in [0.5, 0.6) is 0 Å². The standard InChI is InChI=1S/C37H43NO11/c1-21-15-16-35(5,6)31(47-34(44)26-14-11-17-38-19-26)27(46-23(3)39)18-22(2)29(41)28-32(48-33(43)25-12-9-8-10-13-25)36(7,45)20-37(28,30(21)42)49-24(4)40/h8-17,19,21,27-29,31-32,41,45H,2,18,20H2,1,3-7H3/b16-15+/t21-,27+,28-,29-,31+,32+,36+,37+/m0/s1. The second kappa shape index (κ2) is 14.4. The number of ketones is 1. The van der Waals surface area contributed by atoms with Crippen LogP contribution in [0.25, 0.3) is 0 Å². The van der Waals surface area contributed by atoms with Crippen LogP contribution in [-0.4, -0.2) is 80.5 Å². The fourth-order valence-electron chi connectivity index (χ4n) is 6.81. The molecule has 2 aliphatic rings. The van der Waals surface area contributed by atoms with E-state index in [1.165, 1.54) is 50.5 Å². The summed E-state index contributed by atoms with van der Waals surface area (Å²) in [4.78, 5) is 70.3. The van der Waals surface area contributed by atoms with Gasteiger partial charge >= 0.3 is 23.9 Å². The molecule has 12 heteroatoms. The van der Waals surface area contributed by atoms with Gasteiger partial charge in [0.25, 0.3) is 0 Å². The number of allylic oxidation sites excluding steroid dienone is 1. The molecule has 262 valence electrons. The highest BCUT2D eigenvalue weighted by Crippen LogP contribution is 2.52. The van der Waals surface area contributed by atoms with E-state index in [4.69, 9.17) is 18.9 Å². The lowest BCUT2D eigenvalue weighted by Crippen LogP contribution is -2.56. The lowest BCUT2D eigenvalue weighted by molar-refractivity contribution is -0.178. The van der Waals surface area contributed by atoms with E-state index in [1.54, 1.807) is 51.1 Å². The predicted molar refractivity (Wildman–Crippen MR) is 175 cm³/mol. The molecule has 0 aliphatic heterocycles. The van der Waals surface area contributed by atoms with Crippen molar-refractivity contribution in [2.75, 3.05) is 0 Å². The van der Waals surface area contributed by atoms with Crippen LogP contribution in [0.1, 0.15) is 75.1 Å². The van der Waals surface area contributed by atoms with E-state index in [1.807, 2.05) is 0 Å². The lowest BCUT2D eigenvalue weighted by atomic mass is 9.73. The van der Waals surface area contributed by atoms with Crippen molar-refractivity contribution in [3.05, 3.63) is 90.3 Å². The van der Waals surface area contributed by atoms with Crippen LogP contribution in [0.3, 0.4) is 0 Å². The number of nitrogens with zero attached hydrogens (tertiary/aromatic N) is 1. The molecule has 0 bridgehead atoms. The monoisotopic (exact) mass is 677 g/mol. The molecule has 0 unspecified atom stereocenters. The lowest BCUT2D eigenvalue weighted by Gasteiger charge is -2.41. The summed E-state index contributed by atoms with van der Waals surface area (Å²) in [6.07, 6.45) is -0.612. The third-order valence-corrected chi connectivity index (χ3v) is 9.05. The number of pyridine rings is 1. The maximum Gasteiger partial charge on any atom is 0.340 e. The molecule has 1 fully saturated rings. The van der Waals surface area contributed by atoms with E-state index >= 15 is 0 Å². The topological polar surface area (TPSA) is 176 Å². The highest BCUT2D eigenvalue weighted by molar-refractivity contribution is 5.94. The van der Waals surface area contributed by atoms with Crippen molar-refractivity contribution in [2.45, 2.75) is 90.0 Å². The molecular weight excluding hydrogens is 634 g/mol. The summed E-state index contributed by atoms with van der Waals surface area (Å²) in [5.74, 6) is -6.43. The van der Waals surface area contributed by atoms with Crippen LogP contribution in [0.4, 0.5) is 0 Å². The van der Waals surface area contributed by atoms with Crippen molar-refractivity contribution in [1.29, 1.82) is 0 Å². The number of hydrogen-bond acceptors (Lipinski definition) is 12. The Bertz CT molecular complexity index is 1620. The number of carbonyl (C=O) groups excluding carboxylic acids is 5. The Balaban J connectivity index is 1.88. The van der Waals surface area contributed by atoms with Crippen molar-refractivity contribution in [1.82, 2.24) is 4.98 Å². The average Bonchev–Trinajstić information content (AvgIpc) is 3.26. The Labute approximate surface area is 285 Å². The smallest absolute Gasteiger partial charge is 0.340 e. The van der Waals surface area contributed by atoms with E-state index in [9.17, 15) is 34.2 Å². The molecule has 2 aromatic rings. The van der Waals surface area contributed by atoms with Crippen molar-refractivity contribution >= 4 is 29.7 Å². The minimum absolute atomic E-state index is 0.0329. The summed E-state index contributed by atoms with van der Waals surface area (Å²) in [5, 5.41) is 23.9. The average molecular weight is 678 g/mol. The fourth-order valence-corrected chi connectivity index (χ4v) is 6.81. The number of aliphatic hydroxyl groups excluding tert-OH is 1. The Morgan fingerprint density at radius 2 is 1.51 bits per heavy atom. The number of rotatable bonds is 6. The number of benzene rings is 1. The van der Waals surface area contributed by atoms with Gasteiger partial charge in [-0.15, -0.1) is 0 Å². The second-order valence-corrected chi connectivity index (χ2v) is 13.6. The molecule has 1 aromatic carbocycles. The molecule has 1 saturated carbocycles. The number of esters is 4. The van der Waals surface area contributed by atoms with Crippen molar-refractivity contribution in [2.24, 2.45) is 17.3 Å². The minimum Gasteiger partial charge on any atom is -0.458 e. The number of aliphatic hydroxyl groups is 2. The largest absolute Gasteiger partial charge is 0.458 e. The van der Waals surface area contributed by atoms with Gasteiger partial charge in [0.05, 0.1) is 23.1 Å². The third kappa shape index (κ3) is 7.97. The molecule has 8 atom stereocenters. The van der Waals surface area contributed by atoms with Crippen LogP contribution in [-0.2, 0) is 33.3 Å². The maximum atomic E-state index is 14.5. The van der Waals surface area contributed by atoms with Gasteiger partial charge in [0.1, 0.15) is 23.9 Å². The molecule has 0 spiro atoms. The molecule has 1 heterocycles. The summed E-state index contributed by atoms with van der Waals surface area (Å²) >= 11 is 0. The quantitative estimate of drug-likeness (QED) is 0.256. The van der Waals surface area contributed by atoms with Gasteiger partial charge in [0.15, 0.2) is 11.4 Å². The van der Waals surface area contributed by atoms with Crippen LogP contribution < -0.4 is 0 Å². The number of fused-ring (bicyclic) bond motifs is 1. The summed E-state index contributed by atoms with van der Waals surface area (Å²) in [6.45, 7) is 12.6. The van der Waals surface area contributed by atoms with E-state index in [2.05, 4.69) is 11.6 Å². The Hall–Kier alpha value is -4.68. The molecule has 1 aromatic heterocycles. The highest BCUT2D eigenvalue weighted by atomic mass is 16.6. The molecule has 4 rings (SSSR count). The maximum absolute atomic E-state index is 14.5. The first-order valence-electron chi connectivity index (χ1n) is 15.9. The first kappa shape index (κ1) is 37.1. The molecule has 49 heavy (non-hydrogen) atoms. The number of carbonyl (C=O) groups is 5. The van der Waals surface area contributed by atoms with Gasteiger partial charge in [0.2, 0.25) is 0 Å². The molecule has 0 amide bonds. The highest BCUT2D eigenvalue weighted by Gasteiger charge is 2.69. The third-order valence-electron chi connectivity index (χ3n) is 9.05. The number of aromatic nitrogens is 1. The molecule has 0 radical (unpaired) electrons. The zero-order chi connectivity index (χ0) is 36.3. The van der Waals surface area contributed by atoms with Gasteiger partial charge in [-0.3, -0.25) is 19.4 Å². The summed E-state index contributed by atoms with van der Waals surface area (Å²) in [7, 11) is 0. The van der Waals surface area contributed by atoms with Gasteiger partial charge in [-0.1, -0.05) is 57.7 Å². The van der Waals surface area contributed by atoms with Crippen LogP contribution in [0, 0.1) is 17.3 Å². The van der Waals surface area contributed by atoms with Gasteiger partial charge < -0.3 is 29.2 Å². The van der Waals surface area contributed by atoms with Crippen molar-refractivity contribution in [3.8, 4) is 0 Å². The van der Waals surface area contributed by atoms with Gasteiger partial charge in [-0.05, 0) is 36.8 Å². The van der Waals surface area contributed by atoms with Crippen LogP contribution >= 0.6 is 0 Å². The van der Waals surface area contributed by atoms with Gasteiger partial charge in [-0.2, -0.15) is 0 Å². The molecule has 2 N–H and O–H groups in total. The first-order chi connectivity index (χ1) is 22.9. The molecule has 2 aliphatic carbocycles. The van der Waals surface area contributed by atoms with Crippen molar-refractivity contribution in [3.63, 3.8) is 0 Å². The van der Waals surface area contributed by atoms with E-state index in [0.29, 0.717) is 0 Å². The van der Waals surface area contributed by atoms with E-state index in [-0.39, 0.29) is 23.1 Å². The Morgan fingerprint density at radius 3 is 2.10 bits per heavy atom.